The minimum atomic E-state index is -0.109. The molecule has 2 aromatic rings. The van der Waals surface area contributed by atoms with Crippen LogP contribution in [0.25, 0.3) is 5.69 Å². The van der Waals surface area contributed by atoms with E-state index in [0.29, 0.717) is 13.2 Å². The number of ether oxygens (including phenoxy) is 2. The van der Waals surface area contributed by atoms with Gasteiger partial charge in [-0.2, -0.15) is 0 Å². The standard InChI is InChI=1S/C15H21N3O2/c1-4-19-12-6-7-15(20-5-2)13(8-12)18-10-17-9-14(18)11(3)16/h6-11H,4-5,16H2,1-3H3. The molecule has 5 heteroatoms. The number of hydrogen-bond donors (Lipinski definition) is 1. The number of nitrogens with two attached hydrogens (primary N) is 1. The van der Waals surface area contributed by atoms with Crippen LogP contribution in [0, 0.1) is 0 Å². The molecular weight excluding hydrogens is 254 g/mol. The van der Waals surface area contributed by atoms with Gasteiger partial charge in [0.05, 0.1) is 37.1 Å². The summed E-state index contributed by atoms with van der Waals surface area (Å²) in [7, 11) is 0. The van der Waals surface area contributed by atoms with E-state index in [1.165, 1.54) is 0 Å². The maximum absolute atomic E-state index is 5.98. The van der Waals surface area contributed by atoms with E-state index < -0.39 is 0 Å². The van der Waals surface area contributed by atoms with E-state index in [-0.39, 0.29) is 6.04 Å². The Balaban J connectivity index is 2.50. The first kappa shape index (κ1) is 14.4. The molecule has 20 heavy (non-hydrogen) atoms. The van der Waals surface area contributed by atoms with Crippen LogP contribution >= 0.6 is 0 Å². The Labute approximate surface area is 119 Å². The molecular formula is C15H21N3O2. The number of hydrogen-bond acceptors (Lipinski definition) is 4. The number of aromatic nitrogens is 2. The molecule has 0 radical (unpaired) electrons. The van der Waals surface area contributed by atoms with E-state index in [1.54, 1.807) is 12.5 Å². The fourth-order valence-corrected chi connectivity index (χ4v) is 2.06. The van der Waals surface area contributed by atoms with E-state index in [1.807, 2.05) is 43.5 Å². The zero-order valence-electron chi connectivity index (χ0n) is 12.2. The van der Waals surface area contributed by atoms with Gasteiger partial charge in [-0.15, -0.1) is 0 Å². The second kappa shape index (κ2) is 6.43. The third-order valence-corrected chi connectivity index (χ3v) is 2.93. The molecule has 0 saturated heterocycles. The summed E-state index contributed by atoms with van der Waals surface area (Å²) in [6, 6.07) is 5.65. The third kappa shape index (κ3) is 2.93. The number of rotatable bonds is 6. The largest absolute Gasteiger partial charge is 0.494 e. The van der Waals surface area contributed by atoms with Crippen LogP contribution in [-0.4, -0.2) is 22.8 Å². The van der Waals surface area contributed by atoms with Crippen LogP contribution in [0.2, 0.25) is 0 Å². The van der Waals surface area contributed by atoms with Crippen LogP contribution in [0.5, 0.6) is 11.5 Å². The maximum atomic E-state index is 5.98. The van der Waals surface area contributed by atoms with Crippen molar-refractivity contribution >= 4 is 0 Å². The Morgan fingerprint density at radius 3 is 2.65 bits per heavy atom. The summed E-state index contributed by atoms with van der Waals surface area (Å²) >= 11 is 0. The Hall–Kier alpha value is -2.01. The molecule has 1 aromatic carbocycles. The topological polar surface area (TPSA) is 62.3 Å². The van der Waals surface area contributed by atoms with Crippen molar-refractivity contribution in [2.45, 2.75) is 26.8 Å². The van der Waals surface area contributed by atoms with Gasteiger partial charge >= 0.3 is 0 Å². The van der Waals surface area contributed by atoms with E-state index in [2.05, 4.69) is 4.98 Å². The van der Waals surface area contributed by atoms with E-state index in [4.69, 9.17) is 15.2 Å². The van der Waals surface area contributed by atoms with Gasteiger partial charge in [0, 0.05) is 12.1 Å². The monoisotopic (exact) mass is 275 g/mol. The molecule has 5 nitrogen and oxygen atoms in total. The first-order valence-electron chi connectivity index (χ1n) is 6.85. The molecule has 1 heterocycles. The fourth-order valence-electron chi connectivity index (χ4n) is 2.06. The number of benzene rings is 1. The van der Waals surface area contributed by atoms with E-state index >= 15 is 0 Å². The predicted octanol–water partition coefficient (Wildman–Crippen LogP) is 2.69. The van der Waals surface area contributed by atoms with Crippen molar-refractivity contribution in [2.75, 3.05) is 13.2 Å². The molecule has 0 aliphatic heterocycles. The predicted molar refractivity (Wildman–Crippen MR) is 78.5 cm³/mol. The van der Waals surface area contributed by atoms with Crippen molar-refractivity contribution in [2.24, 2.45) is 5.73 Å². The second-order valence-corrected chi connectivity index (χ2v) is 4.47. The van der Waals surface area contributed by atoms with Crippen molar-refractivity contribution in [1.29, 1.82) is 0 Å². The molecule has 0 aliphatic rings. The Kier molecular flexibility index (Phi) is 4.63. The van der Waals surface area contributed by atoms with Gasteiger partial charge < -0.3 is 15.2 Å². The molecule has 0 fully saturated rings. The van der Waals surface area contributed by atoms with Crippen molar-refractivity contribution in [1.82, 2.24) is 9.55 Å². The summed E-state index contributed by atoms with van der Waals surface area (Å²) < 4.78 is 13.2. The minimum absolute atomic E-state index is 0.109. The molecule has 1 atom stereocenters. The van der Waals surface area contributed by atoms with Gasteiger partial charge in [-0.25, -0.2) is 4.98 Å². The normalized spacial score (nSPS) is 12.2. The molecule has 2 rings (SSSR count). The summed E-state index contributed by atoms with van der Waals surface area (Å²) in [5.41, 5.74) is 7.81. The SMILES string of the molecule is CCOc1ccc(OCC)c(-n2cncc2C(C)N)c1. The van der Waals surface area contributed by atoms with Crippen molar-refractivity contribution < 1.29 is 9.47 Å². The van der Waals surface area contributed by atoms with Crippen molar-refractivity contribution in [3.8, 4) is 17.2 Å². The van der Waals surface area contributed by atoms with Crippen LogP contribution in [0.3, 0.4) is 0 Å². The fraction of sp³-hybridized carbons (Fsp3) is 0.400. The first-order valence-corrected chi connectivity index (χ1v) is 6.85. The highest BCUT2D eigenvalue weighted by Crippen LogP contribution is 2.30. The average molecular weight is 275 g/mol. The van der Waals surface area contributed by atoms with Gasteiger partial charge in [-0.1, -0.05) is 0 Å². The molecule has 1 unspecified atom stereocenters. The highest BCUT2D eigenvalue weighted by atomic mass is 16.5. The van der Waals surface area contributed by atoms with Gasteiger partial charge in [-0.3, -0.25) is 4.57 Å². The van der Waals surface area contributed by atoms with Gasteiger partial charge in [0.15, 0.2) is 0 Å². The lowest BCUT2D eigenvalue weighted by Crippen LogP contribution is -2.11. The van der Waals surface area contributed by atoms with E-state index in [9.17, 15) is 0 Å². The van der Waals surface area contributed by atoms with Crippen LogP contribution in [0.15, 0.2) is 30.7 Å². The van der Waals surface area contributed by atoms with Crippen LogP contribution < -0.4 is 15.2 Å². The van der Waals surface area contributed by atoms with Crippen molar-refractivity contribution in [3.05, 3.63) is 36.4 Å². The summed E-state index contributed by atoms with van der Waals surface area (Å²) in [5.74, 6) is 1.59. The third-order valence-electron chi connectivity index (χ3n) is 2.93. The van der Waals surface area contributed by atoms with E-state index in [0.717, 1.165) is 22.9 Å². The van der Waals surface area contributed by atoms with Crippen LogP contribution in [0.4, 0.5) is 0 Å². The first-order chi connectivity index (χ1) is 9.67. The van der Waals surface area contributed by atoms with Gasteiger partial charge in [0.2, 0.25) is 0 Å². The molecule has 0 saturated carbocycles. The Morgan fingerprint density at radius 2 is 2.00 bits per heavy atom. The average Bonchev–Trinajstić information content (AvgIpc) is 2.90. The van der Waals surface area contributed by atoms with Crippen LogP contribution in [-0.2, 0) is 0 Å². The smallest absolute Gasteiger partial charge is 0.143 e. The van der Waals surface area contributed by atoms with Crippen molar-refractivity contribution in [3.63, 3.8) is 0 Å². The molecule has 0 spiro atoms. The Bertz CT molecular complexity index is 564. The van der Waals surface area contributed by atoms with Gasteiger partial charge in [0.25, 0.3) is 0 Å². The molecule has 108 valence electrons. The molecule has 0 aliphatic carbocycles. The van der Waals surface area contributed by atoms with Crippen LogP contribution in [0.1, 0.15) is 32.5 Å². The maximum Gasteiger partial charge on any atom is 0.143 e. The quantitative estimate of drug-likeness (QED) is 0.880. The summed E-state index contributed by atoms with van der Waals surface area (Å²) in [5, 5.41) is 0. The zero-order valence-corrected chi connectivity index (χ0v) is 12.2. The van der Waals surface area contributed by atoms with Gasteiger partial charge in [-0.05, 0) is 32.9 Å². The highest BCUT2D eigenvalue weighted by molar-refractivity contribution is 5.52. The number of imidazole rings is 1. The lowest BCUT2D eigenvalue weighted by Gasteiger charge is -2.16. The molecule has 2 N–H and O–H groups in total. The summed E-state index contributed by atoms with van der Waals surface area (Å²) in [4.78, 5) is 4.18. The second-order valence-electron chi connectivity index (χ2n) is 4.47. The van der Waals surface area contributed by atoms with Gasteiger partial charge in [0.1, 0.15) is 11.5 Å². The highest BCUT2D eigenvalue weighted by Gasteiger charge is 2.13. The molecule has 1 aromatic heterocycles. The molecule has 0 bridgehead atoms. The minimum Gasteiger partial charge on any atom is -0.494 e. The number of nitrogens with zero attached hydrogens (tertiary/aromatic N) is 2. The summed E-state index contributed by atoms with van der Waals surface area (Å²) in [6.07, 6.45) is 3.51. The summed E-state index contributed by atoms with van der Waals surface area (Å²) in [6.45, 7) is 7.07. The Morgan fingerprint density at radius 1 is 1.25 bits per heavy atom. The molecule has 0 amide bonds. The zero-order chi connectivity index (χ0) is 14.5. The lowest BCUT2D eigenvalue weighted by atomic mass is 10.2. The lowest BCUT2D eigenvalue weighted by molar-refractivity contribution is 0.329.